The highest BCUT2D eigenvalue weighted by molar-refractivity contribution is 8.18. The lowest BCUT2D eigenvalue weighted by atomic mass is 11.4. The highest BCUT2D eigenvalue weighted by Crippen LogP contribution is 2.24. The molecular formula is C4H9F3O3SSi. The first-order chi connectivity index (χ1) is 4.96. The van der Waals surface area contributed by atoms with Gasteiger partial charge in [0.05, 0.1) is 0 Å². The maximum absolute atomic E-state index is 11.5. The van der Waals surface area contributed by atoms with E-state index in [2.05, 4.69) is 4.18 Å². The summed E-state index contributed by atoms with van der Waals surface area (Å²) in [7, 11) is -7.41. The summed E-state index contributed by atoms with van der Waals surface area (Å²) in [5, 5.41) is 0. The molecule has 0 fully saturated rings. The van der Waals surface area contributed by atoms with Crippen LogP contribution in [0.1, 0.15) is 0 Å². The molecule has 0 radical (unpaired) electrons. The fraction of sp³-hybridized carbons (Fsp3) is 1.00. The molecule has 0 unspecified atom stereocenters. The Labute approximate surface area is 69.3 Å². The van der Waals surface area contributed by atoms with E-state index in [1.807, 2.05) is 0 Å². The summed E-state index contributed by atoms with van der Waals surface area (Å²) in [4.78, 5) is 0. The Hall–Kier alpha value is -0.0831. The lowest BCUT2D eigenvalue weighted by Gasteiger charge is -2.16. The molecule has 0 atom stereocenters. The van der Waals surface area contributed by atoms with Crippen LogP contribution in [0.5, 0.6) is 0 Å². The van der Waals surface area contributed by atoms with Crippen LogP contribution in [0, 0.1) is 0 Å². The van der Waals surface area contributed by atoms with Crippen LogP contribution in [0.15, 0.2) is 0 Å². The van der Waals surface area contributed by atoms with E-state index in [4.69, 9.17) is 0 Å². The summed E-state index contributed by atoms with van der Waals surface area (Å²) >= 11 is 0. The second-order valence-electron chi connectivity index (χ2n) is 3.10. The average Bonchev–Trinajstić information content (AvgIpc) is 1.52. The molecular weight excluding hydrogens is 213 g/mol. The zero-order valence-corrected chi connectivity index (χ0v) is 8.58. The van der Waals surface area contributed by atoms with Gasteiger partial charge in [0.1, 0.15) is 0 Å². The van der Waals surface area contributed by atoms with E-state index >= 15 is 0 Å². The first kappa shape index (κ1) is 11.9. The monoisotopic (exact) mass is 222 g/mol. The summed E-state index contributed by atoms with van der Waals surface area (Å²) in [5.74, 6) is 0. The van der Waals surface area contributed by atoms with Crippen molar-refractivity contribution in [3.8, 4) is 0 Å². The van der Waals surface area contributed by atoms with Gasteiger partial charge in [0.15, 0.2) is 0 Å². The second kappa shape index (κ2) is 3.00. The first-order valence-corrected chi connectivity index (χ1v) is 8.61. The van der Waals surface area contributed by atoms with Gasteiger partial charge in [0.25, 0.3) is 0 Å². The molecule has 8 heteroatoms. The molecule has 0 N–H and O–H groups in total. The van der Waals surface area contributed by atoms with Crippen molar-refractivity contribution in [3.63, 3.8) is 0 Å². The summed E-state index contributed by atoms with van der Waals surface area (Å²) in [6.07, 6.45) is -5.11. The van der Waals surface area contributed by atoms with Gasteiger partial charge in [0, 0.05) is 0 Å². The summed E-state index contributed by atoms with van der Waals surface area (Å²) in [5.41, 5.74) is 0. The molecule has 0 aliphatic heterocycles. The number of rotatable bonds is 2. The van der Waals surface area contributed by atoms with Gasteiger partial charge in [-0.15, -0.1) is 13.2 Å². The topological polar surface area (TPSA) is 43.4 Å². The first-order valence-electron chi connectivity index (χ1n) is 2.98. The van der Waals surface area contributed by atoms with Crippen LogP contribution < -0.4 is 0 Å². The average molecular weight is 222 g/mol. The van der Waals surface area contributed by atoms with E-state index < -0.39 is 23.2 Å². The van der Waals surface area contributed by atoms with Crippen LogP contribution in [0.4, 0.5) is 13.2 Å². The number of alkyl halides is 3. The van der Waals surface area contributed by atoms with Gasteiger partial charge in [0.2, 0.25) is 16.8 Å². The molecule has 0 aromatic carbocycles. The van der Waals surface area contributed by atoms with Crippen LogP contribution in [-0.4, -0.2) is 22.0 Å². The largest absolute Gasteiger partial charge is 0.536 e. The summed E-state index contributed by atoms with van der Waals surface area (Å²) < 4.78 is 59.1. The molecule has 0 saturated heterocycles. The van der Waals surface area contributed by atoms with Gasteiger partial charge >= 0.3 is 6.36 Å². The van der Waals surface area contributed by atoms with Crippen molar-refractivity contribution in [1.29, 1.82) is 0 Å². The van der Waals surface area contributed by atoms with Crippen LogP contribution in [0.3, 0.4) is 0 Å². The third-order valence-electron chi connectivity index (χ3n) is 0.954. The van der Waals surface area contributed by atoms with E-state index in [1.54, 1.807) is 0 Å². The minimum Gasteiger partial charge on any atom is -0.208 e. The van der Waals surface area contributed by atoms with Gasteiger partial charge in [-0.1, -0.05) is 19.6 Å². The lowest BCUT2D eigenvalue weighted by molar-refractivity contribution is -0.271. The highest BCUT2D eigenvalue weighted by atomic mass is 32.4. The predicted molar refractivity (Wildman–Crippen MR) is 39.4 cm³/mol. The maximum Gasteiger partial charge on any atom is 0.536 e. The zero-order chi connectivity index (χ0) is 10.2. The van der Waals surface area contributed by atoms with Gasteiger partial charge in [-0.2, -0.15) is 4.18 Å². The molecule has 0 aliphatic rings. The molecule has 0 saturated carbocycles. The van der Waals surface area contributed by atoms with Gasteiger partial charge in [-0.3, -0.25) is 0 Å². The van der Waals surface area contributed by atoms with Crippen LogP contribution >= 0.6 is 0 Å². The number of hydrogen-bond acceptors (Lipinski definition) is 3. The third kappa shape index (κ3) is 3.54. The number of halogens is 3. The van der Waals surface area contributed by atoms with Crippen LogP contribution in [-0.2, 0) is 13.8 Å². The van der Waals surface area contributed by atoms with E-state index in [-0.39, 0.29) is 0 Å². The van der Waals surface area contributed by atoms with Crippen molar-refractivity contribution in [2.24, 2.45) is 0 Å². The maximum atomic E-state index is 11.5. The van der Waals surface area contributed by atoms with Crippen LogP contribution in [0.25, 0.3) is 0 Å². The molecule has 0 spiro atoms. The molecule has 74 valence electrons. The summed E-state index contributed by atoms with van der Waals surface area (Å²) in [6.45, 7) is 3.77. The van der Waals surface area contributed by atoms with Crippen molar-refractivity contribution in [2.75, 3.05) is 0 Å². The van der Waals surface area contributed by atoms with E-state index in [1.165, 1.54) is 19.6 Å². The fourth-order valence-corrected chi connectivity index (χ4v) is 1.78. The van der Waals surface area contributed by atoms with Gasteiger partial charge in [-0.25, -0.2) is 8.42 Å². The van der Waals surface area contributed by atoms with E-state index in [0.717, 1.165) is 0 Å². The molecule has 12 heavy (non-hydrogen) atoms. The number of hydrogen-bond donors (Lipinski definition) is 0. The Kier molecular flexibility index (Phi) is 2.98. The Bertz CT molecular complexity index is 250. The van der Waals surface area contributed by atoms with Crippen molar-refractivity contribution >= 4 is 16.8 Å². The van der Waals surface area contributed by atoms with Gasteiger partial charge < -0.3 is 0 Å². The molecule has 0 aromatic heterocycles. The minimum absolute atomic E-state index is 1.26. The van der Waals surface area contributed by atoms with Crippen molar-refractivity contribution in [2.45, 2.75) is 26.0 Å². The van der Waals surface area contributed by atoms with Crippen LogP contribution in [0.2, 0.25) is 19.6 Å². The van der Waals surface area contributed by atoms with Gasteiger partial charge in [-0.05, 0) is 0 Å². The van der Waals surface area contributed by atoms with Crippen molar-refractivity contribution in [1.82, 2.24) is 0 Å². The third-order valence-corrected chi connectivity index (χ3v) is 7.61. The molecule has 0 aromatic rings. The molecule has 0 amide bonds. The molecule has 0 rings (SSSR count). The molecule has 0 aliphatic carbocycles. The Balaban J connectivity index is 4.70. The zero-order valence-electron chi connectivity index (χ0n) is 6.77. The summed E-state index contributed by atoms with van der Waals surface area (Å²) in [6, 6.07) is 0. The lowest BCUT2D eigenvalue weighted by Crippen LogP contribution is -2.38. The van der Waals surface area contributed by atoms with E-state index in [9.17, 15) is 21.6 Å². The molecule has 3 nitrogen and oxygen atoms in total. The fourth-order valence-electron chi connectivity index (χ4n) is 0.249. The minimum atomic E-state index is -5.11. The Morgan fingerprint density at radius 2 is 1.50 bits per heavy atom. The van der Waals surface area contributed by atoms with Crippen molar-refractivity contribution < 1.29 is 25.8 Å². The smallest absolute Gasteiger partial charge is 0.208 e. The second-order valence-corrected chi connectivity index (χ2v) is 13.6. The van der Waals surface area contributed by atoms with Crippen molar-refractivity contribution in [3.05, 3.63) is 0 Å². The normalized spacial score (nSPS) is 14.8. The SMILES string of the molecule is C[Si](C)(C)S(=O)(=O)OC(F)(F)F. The van der Waals surface area contributed by atoms with E-state index in [0.29, 0.717) is 0 Å². The molecule has 0 bridgehead atoms. The standard InChI is InChI=1S/C4H9F3O3SSi/c1-12(2,3)11(8,9)10-4(5,6)7/h1-3H3. The Morgan fingerprint density at radius 1 is 1.17 bits per heavy atom. The molecule has 0 heterocycles. The quantitative estimate of drug-likeness (QED) is 0.668. The predicted octanol–water partition coefficient (Wildman–Crippen LogP) is 1.69. The Morgan fingerprint density at radius 3 is 1.58 bits per heavy atom. The highest BCUT2D eigenvalue weighted by Gasteiger charge is 2.44.